The van der Waals surface area contributed by atoms with E-state index in [9.17, 15) is 13.6 Å². The number of hydrogen-bond donors (Lipinski definition) is 0. The standard InChI is InChI=1S/C23H24F2N2O/c24-20-5-3-4-17(23(20)25)7-8-18-15-22(28)19-9-6-16(14-21(19)26-18)10-13-27-11-1-2-12-27/h3-6,9,14H,1-2,7-8,10-13,15H2. The van der Waals surface area contributed by atoms with Gasteiger partial charge in [0.2, 0.25) is 0 Å². The molecule has 0 aliphatic carbocycles. The highest BCUT2D eigenvalue weighted by Crippen LogP contribution is 2.29. The summed E-state index contributed by atoms with van der Waals surface area (Å²) in [6.07, 6.45) is 4.53. The van der Waals surface area contributed by atoms with Gasteiger partial charge in [0.15, 0.2) is 17.4 Å². The van der Waals surface area contributed by atoms with Crippen LogP contribution in [0.15, 0.2) is 41.4 Å². The summed E-state index contributed by atoms with van der Waals surface area (Å²) >= 11 is 0. The van der Waals surface area contributed by atoms with Crippen molar-refractivity contribution in [2.45, 2.75) is 38.5 Å². The van der Waals surface area contributed by atoms with Gasteiger partial charge in [-0.05, 0) is 74.5 Å². The molecular weight excluding hydrogens is 358 g/mol. The Balaban J connectivity index is 1.46. The summed E-state index contributed by atoms with van der Waals surface area (Å²) in [4.78, 5) is 19.6. The van der Waals surface area contributed by atoms with Crippen molar-refractivity contribution in [3.63, 3.8) is 0 Å². The Morgan fingerprint density at radius 3 is 2.64 bits per heavy atom. The number of rotatable bonds is 6. The van der Waals surface area contributed by atoms with Gasteiger partial charge < -0.3 is 4.90 Å². The monoisotopic (exact) mass is 382 g/mol. The molecule has 0 spiro atoms. The average molecular weight is 382 g/mol. The molecule has 0 amide bonds. The molecule has 5 heteroatoms. The summed E-state index contributed by atoms with van der Waals surface area (Å²) in [6, 6.07) is 10.1. The Bertz CT molecular complexity index is 917. The number of hydrogen-bond acceptors (Lipinski definition) is 3. The highest BCUT2D eigenvalue weighted by atomic mass is 19.2. The summed E-state index contributed by atoms with van der Waals surface area (Å²) in [5.41, 5.74) is 3.60. The van der Waals surface area contributed by atoms with Crippen LogP contribution >= 0.6 is 0 Å². The highest BCUT2D eigenvalue weighted by Gasteiger charge is 2.21. The van der Waals surface area contributed by atoms with Crippen LogP contribution in [-0.4, -0.2) is 36.0 Å². The van der Waals surface area contributed by atoms with Crippen LogP contribution < -0.4 is 0 Å². The fourth-order valence-corrected chi connectivity index (χ4v) is 4.01. The Kier molecular flexibility index (Phi) is 5.62. The zero-order chi connectivity index (χ0) is 19.5. The molecular formula is C23H24F2N2O. The number of nitrogens with zero attached hydrogens (tertiary/aromatic N) is 2. The molecule has 0 saturated carbocycles. The number of benzene rings is 2. The minimum absolute atomic E-state index is 0.0470. The highest BCUT2D eigenvalue weighted by molar-refractivity contribution is 6.15. The van der Waals surface area contributed by atoms with Crippen LogP contribution in [0.4, 0.5) is 14.5 Å². The summed E-state index contributed by atoms with van der Waals surface area (Å²) in [7, 11) is 0. The lowest BCUT2D eigenvalue weighted by molar-refractivity contribution is 0.0999. The Morgan fingerprint density at radius 1 is 1.00 bits per heavy atom. The van der Waals surface area contributed by atoms with Crippen LogP contribution in [-0.2, 0) is 12.8 Å². The van der Waals surface area contributed by atoms with Gasteiger partial charge in [-0.1, -0.05) is 18.2 Å². The predicted octanol–water partition coefficient (Wildman–Crippen LogP) is 4.89. The fraction of sp³-hybridized carbons (Fsp3) is 0.391. The molecule has 1 saturated heterocycles. The third-order valence-corrected chi connectivity index (χ3v) is 5.64. The zero-order valence-electron chi connectivity index (χ0n) is 15.9. The van der Waals surface area contributed by atoms with Gasteiger partial charge in [0.25, 0.3) is 0 Å². The second-order valence-corrected chi connectivity index (χ2v) is 7.64. The fourth-order valence-electron chi connectivity index (χ4n) is 4.01. The van der Waals surface area contributed by atoms with Crippen molar-refractivity contribution in [2.24, 2.45) is 4.99 Å². The topological polar surface area (TPSA) is 32.7 Å². The molecule has 2 heterocycles. The van der Waals surface area contributed by atoms with Crippen molar-refractivity contribution in [1.82, 2.24) is 4.90 Å². The van der Waals surface area contributed by atoms with E-state index in [1.807, 2.05) is 18.2 Å². The molecule has 1 fully saturated rings. The first-order valence-electron chi connectivity index (χ1n) is 9.98. The maximum atomic E-state index is 13.9. The van der Waals surface area contributed by atoms with Gasteiger partial charge in [-0.25, -0.2) is 8.78 Å². The molecule has 0 radical (unpaired) electrons. The van der Waals surface area contributed by atoms with Crippen molar-refractivity contribution in [3.8, 4) is 0 Å². The molecule has 3 nitrogen and oxygen atoms in total. The number of carbonyl (C=O) groups is 1. The quantitative estimate of drug-likeness (QED) is 0.712. The molecule has 146 valence electrons. The molecule has 0 N–H and O–H groups in total. The second kappa shape index (κ2) is 8.31. The lowest BCUT2D eigenvalue weighted by Crippen LogP contribution is -2.22. The maximum Gasteiger partial charge on any atom is 0.170 e. The number of likely N-dealkylation sites (tertiary alicyclic amines) is 1. The van der Waals surface area contributed by atoms with Crippen LogP contribution in [0.1, 0.15) is 47.2 Å². The summed E-state index contributed by atoms with van der Waals surface area (Å²) in [6.45, 7) is 3.37. The van der Waals surface area contributed by atoms with E-state index in [-0.39, 0.29) is 12.2 Å². The third kappa shape index (κ3) is 4.20. The molecule has 0 unspecified atom stereocenters. The molecule has 2 aliphatic rings. The largest absolute Gasteiger partial charge is 0.303 e. The van der Waals surface area contributed by atoms with Gasteiger partial charge in [0.05, 0.1) is 5.69 Å². The van der Waals surface area contributed by atoms with Gasteiger partial charge in [-0.3, -0.25) is 9.79 Å². The van der Waals surface area contributed by atoms with Crippen molar-refractivity contribution in [3.05, 3.63) is 64.7 Å². The maximum absolute atomic E-state index is 13.9. The van der Waals surface area contributed by atoms with E-state index in [1.165, 1.54) is 37.6 Å². The average Bonchev–Trinajstić information content (AvgIpc) is 3.21. The van der Waals surface area contributed by atoms with Gasteiger partial charge >= 0.3 is 0 Å². The minimum atomic E-state index is -0.841. The summed E-state index contributed by atoms with van der Waals surface area (Å²) in [5.74, 6) is -1.60. The van der Waals surface area contributed by atoms with Crippen molar-refractivity contribution >= 4 is 17.2 Å². The number of aryl methyl sites for hydroxylation is 1. The lowest BCUT2D eigenvalue weighted by atomic mass is 9.95. The zero-order valence-corrected chi connectivity index (χ0v) is 15.9. The second-order valence-electron chi connectivity index (χ2n) is 7.64. The number of fused-ring (bicyclic) bond motifs is 1. The Hall–Kier alpha value is -2.40. The number of aliphatic imine (C=N–C) groups is 1. The smallest absolute Gasteiger partial charge is 0.170 e. The van der Waals surface area contributed by atoms with E-state index in [0.29, 0.717) is 29.7 Å². The van der Waals surface area contributed by atoms with E-state index < -0.39 is 11.6 Å². The number of halogens is 2. The van der Waals surface area contributed by atoms with Crippen molar-refractivity contribution in [1.29, 1.82) is 0 Å². The first-order valence-corrected chi connectivity index (χ1v) is 9.98. The van der Waals surface area contributed by atoms with Crippen LogP contribution in [0.25, 0.3) is 0 Å². The summed E-state index contributed by atoms with van der Waals surface area (Å²) in [5, 5.41) is 0. The van der Waals surface area contributed by atoms with E-state index in [2.05, 4.69) is 9.89 Å². The molecule has 28 heavy (non-hydrogen) atoms. The van der Waals surface area contributed by atoms with E-state index in [1.54, 1.807) is 6.07 Å². The number of ketones is 1. The van der Waals surface area contributed by atoms with Crippen molar-refractivity contribution in [2.75, 3.05) is 19.6 Å². The lowest BCUT2D eigenvalue weighted by Gasteiger charge is -2.17. The summed E-state index contributed by atoms with van der Waals surface area (Å²) < 4.78 is 27.2. The van der Waals surface area contributed by atoms with Crippen LogP contribution in [0, 0.1) is 11.6 Å². The van der Waals surface area contributed by atoms with E-state index in [4.69, 9.17) is 0 Å². The predicted molar refractivity (Wildman–Crippen MR) is 107 cm³/mol. The molecule has 0 atom stereocenters. The van der Waals surface area contributed by atoms with Crippen LogP contribution in [0.2, 0.25) is 0 Å². The molecule has 0 bridgehead atoms. The molecule has 2 aromatic rings. The van der Waals surface area contributed by atoms with E-state index in [0.717, 1.165) is 24.7 Å². The van der Waals surface area contributed by atoms with Crippen LogP contribution in [0.5, 0.6) is 0 Å². The molecule has 4 rings (SSSR count). The number of carbonyl (C=O) groups excluding carboxylic acids is 1. The Labute approximate surface area is 164 Å². The van der Waals surface area contributed by atoms with Gasteiger partial charge in [0.1, 0.15) is 0 Å². The van der Waals surface area contributed by atoms with Gasteiger partial charge in [-0.15, -0.1) is 0 Å². The Morgan fingerprint density at radius 2 is 1.82 bits per heavy atom. The first-order chi connectivity index (χ1) is 13.6. The SMILES string of the molecule is O=C1CC(CCc2cccc(F)c2F)=Nc2cc(CCN3CCCC3)ccc21. The van der Waals surface area contributed by atoms with Gasteiger partial charge in [-0.2, -0.15) is 0 Å². The molecule has 2 aliphatic heterocycles. The van der Waals surface area contributed by atoms with Gasteiger partial charge in [0, 0.05) is 24.2 Å². The minimum Gasteiger partial charge on any atom is -0.303 e. The van der Waals surface area contributed by atoms with Crippen molar-refractivity contribution < 1.29 is 13.6 Å². The number of Topliss-reactive ketones (excluding diaryl/α,β-unsaturated/α-hetero) is 1. The van der Waals surface area contributed by atoms with E-state index >= 15 is 0 Å². The normalized spacial score (nSPS) is 16.9. The first kappa shape index (κ1) is 18.9. The third-order valence-electron chi connectivity index (χ3n) is 5.64. The molecule has 0 aromatic heterocycles. The van der Waals surface area contributed by atoms with Crippen LogP contribution in [0.3, 0.4) is 0 Å². The molecule has 2 aromatic carbocycles.